The highest BCUT2D eigenvalue weighted by molar-refractivity contribution is 5.90. The Hall–Kier alpha value is -2.93. The van der Waals surface area contributed by atoms with E-state index in [1.165, 1.54) is 17.0 Å². The van der Waals surface area contributed by atoms with Gasteiger partial charge in [-0.2, -0.15) is 13.2 Å². The molecule has 1 aliphatic heterocycles. The quantitative estimate of drug-likeness (QED) is 0.521. The number of aliphatic hydroxyl groups excluding tert-OH is 1. The van der Waals surface area contributed by atoms with Gasteiger partial charge < -0.3 is 20.8 Å². The molecule has 1 aliphatic rings. The zero-order valence-corrected chi connectivity index (χ0v) is 15.4. The lowest BCUT2D eigenvalue weighted by Crippen LogP contribution is -2.37. The molecule has 6 nitrogen and oxygen atoms in total. The van der Waals surface area contributed by atoms with Gasteiger partial charge in [0.05, 0.1) is 17.0 Å². The highest BCUT2D eigenvalue weighted by atomic mass is 19.4. The van der Waals surface area contributed by atoms with Gasteiger partial charge in [-0.1, -0.05) is 24.0 Å². The summed E-state index contributed by atoms with van der Waals surface area (Å²) in [6.07, 6.45) is -6.14. The molecule has 0 bridgehead atoms. The van der Waals surface area contributed by atoms with Crippen molar-refractivity contribution in [3.8, 4) is 23.1 Å². The largest absolute Gasteiger partial charge is 0.416 e. The third-order valence-corrected chi connectivity index (χ3v) is 4.56. The monoisotopic (exact) mass is 405 g/mol. The first-order valence-corrected chi connectivity index (χ1v) is 8.64. The molecular weight excluding hydrogens is 387 g/mol. The van der Waals surface area contributed by atoms with Gasteiger partial charge in [-0.25, -0.2) is 4.98 Å². The van der Waals surface area contributed by atoms with E-state index in [4.69, 9.17) is 5.73 Å². The van der Waals surface area contributed by atoms with Crippen molar-refractivity contribution in [2.75, 3.05) is 13.6 Å². The van der Waals surface area contributed by atoms with E-state index in [-0.39, 0.29) is 17.8 Å². The number of likely N-dealkylation sites (tertiary alicyclic amines) is 1. The number of pyridine rings is 1. The van der Waals surface area contributed by atoms with Crippen LogP contribution in [0, 0.1) is 11.8 Å². The van der Waals surface area contributed by atoms with Crippen LogP contribution in [-0.2, 0) is 11.0 Å². The summed E-state index contributed by atoms with van der Waals surface area (Å²) in [7, 11) is 1.56. The summed E-state index contributed by atoms with van der Waals surface area (Å²) < 4.78 is 39.5. The maximum atomic E-state index is 13.2. The van der Waals surface area contributed by atoms with Crippen molar-refractivity contribution >= 4 is 5.91 Å². The van der Waals surface area contributed by atoms with Crippen LogP contribution in [0.2, 0.25) is 0 Å². The van der Waals surface area contributed by atoms with Crippen LogP contribution in [0.25, 0.3) is 11.3 Å². The fourth-order valence-corrected chi connectivity index (χ4v) is 2.92. The average molecular weight is 405 g/mol. The number of nitrogens with zero attached hydrogens (tertiary/aromatic N) is 2. The molecule has 4 N–H and O–H groups in total. The van der Waals surface area contributed by atoms with Gasteiger partial charge in [-0.3, -0.25) is 4.79 Å². The maximum Gasteiger partial charge on any atom is 0.416 e. The second kappa shape index (κ2) is 7.48. The standard InChI is InChI=1S/C20H18F3N3O3/c1-26-8-7-19(29,18(26)28)6-5-12-3-2-4-13(9-12)15-10-14(20(21,22)23)11-16(25-15)17(24)27/h2-4,9-11,17,27,29H,7-8,24H2,1H3. The molecule has 1 aromatic heterocycles. The van der Waals surface area contributed by atoms with E-state index in [0.29, 0.717) is 23.7 Å². The smallest absolute Gasteiger partial charge is 0.373 e. The third kappa shape index (κ3) is 4.40. The van der Waals surface area contributed by atoms with Gasteiger partial charge in [-0.05, 0) is 24.3 Å². The summed E-state index contributed by atoms with van der Waals surface area (Å²) in [5.74, 6) is 4.75. The minimum absolute atomic E-state index is 0.0432. The summed E-state index contributed by atoms with van der Waals surface area (Å²) in [6.45, 7) is 0.377. The summed E-state index contributed by atoms with van der Waals surface area (Å²) in [5, 5.41) is 19.8. The fraction of sp³-hybridized carbons (Fsp3) is 0.300. The number of carbonyl (C=O) groups excluding carboxylic acids is 1. The van der Waals surface area contributed by atoms with E-state index in [1.54, 1.807) is 19.2 Å². The van der Waals surface area contributed by atoms with Crippen LogP contribution in [0.3, 0.4) is 0 Å². The number of carbonyl (C=O) groups is 1. The number of amides is 1. The number of hydrogen-bond donors (Lipinski definition) is 3. The van der Waals surface area contributed by atoms with Crippen LogP contribution in [0.15, 0.2) is 36.4 Å². The molecule has 1 saturated heterocycles. The van der Waals surface area contributed by atoms with E-state index in [1.807, 2.05) is 0 Å². The minimum atomic E-state index is -4.64. The molecule has 0 radical (unpaired) electrons. The van der Waals surface area contributed by atoms with Gasteiger partial charge >= 0.3 is 6.18 Å². The second-order valence-electron chi connectivity index (χ2n) is 6.78. The molecule has 9 heteroatoms. The molecule has 2 atom stereocenters. The Morgan fingerprint density at radius 3 is 2.62 bits per heavy atom. The zero-order valence-electron chi connectivity index (χ0n) is 15.4. The minimum Gasteiger partial charge on any atom is -0.373 e. The number of alkyl halides is 3. The van der Waals surface area contributed by atoms with Gasteiger partial charge in [0.25, 0.3) is 5.91 Å². The highest BCUT2D eigenvalue weighted by Gasteiger charge is 2.42. The van der Waals surface area contributed by atoms with Crippen molar-refractivity contribution in [2.45, 2.75) is 24.4 Å². The van der Waals surface area contributed by atoms with Gasteiger partial charge in [0.1, 0.15) is 6.23 Å². The van der Waals surface area contributed by atoms with Crippen LogP contribution < -0.4 is 5.73 Å². The van der Waals surface area contributed by atoms with Crippen molar-refractivity contribution in [2.24, 2.45) is 5.73 Å². The number of aromatic nitrogens is 1. The summed E-state index contributed by atoms with van der Waals surface area (Å²) >= 11 is 0. The van der Waals surface area contributed by atoms with E-state index < -0.39 is 29.5 Å². The molecule has 0 aliphatic carbocycles. The Kier molecular flexibility index (Phi) is 5.36. The van der Waals surface area contributed by atoms with Crippen molar-refractivity contribution < 1.29 is 28.2 Å². The Bertz CT molecular complexity index is 1010. The number of likely N-dealkylation sites (N-methyl/N-ethyl adjacent to an activating group) is 1. The van der Waals surface area contributed by atoms with Crippen molar-refractivity contribution in [3.63, 3.8) is 0 Å². The normalized spacial score (nSPS) is 20.4. The zero-order chi connectivity index (χ0) is 21.4. The lowest BCUT2D eigenvalue weighted by atomic mass is 10.0. The molecular formula is C20H18F3N3O3. The molecule has 29 heavy (non-hydrogen) atoms. The van der Waals surface area contributed by atoms with Crippen LogP contribution >= 0.6 is 0 Å². The first-order chi connectivity index (χ1) is 13.5. The number of nitrogens with two attached hydrogens (primary N) is 1. The van der Waals surface area contributed by atoms with Gasteiger partial charge in [0.2, 0.25) is 5.60 Å². The molecule has 1 amide bonds. The fourth-order valence-electron chi connectivity index (χ4n) is 2.92. The Labute approximate surface area is 164 Å². The van der Waals surface area contributed by atoms with Crippen LogP contribution in [0.5, 0.6) is 0 Å². The molecule has 0 spiro atoms. The van der Waals surface area contributed by atoms with E-state index in [2.05, 4.69) is 16.8 Å². The molecule has 2 aromatic rings. The average Bonchev–Trinajstić information content (AvgIpc) is 2.93. The lowest BCUT2D eigenvalue weighted by molar-refractivity contribution is -0.138. The molecule has 1 aromatic carbocycles. The second-order valence-corrected chi connectivity index (χ2v) is 6.78. The van der Waals surface area contributed by atoms with Crippen LogP contribution in [0.4, 0.5) is 13.2 Å². The van der Waals surface area contributed by atoms with Crippen molar-refractivity contribution in [3.05, 3.63) is 53.2 Å². The predicted molar refractivity (Wildman–Crippen MR) is 97.9 cm³/mol. The Morgan fingerprint density at radius 2 is 2.03 bits per heavy atom. The molecule has 2 heterocycles. The van der Waals surface area contributed by atoms with Crippen LogP contribution in [-0.4, -0.2) is 45.2 Å². The maximum absolute atomic E-state index is 13.2. The SMILES string of the molecule is CN1CCC(O)(C#Cc2cccc(-c3cc(C(F)(F)F)cc(C(N)O)n3)c2)C1=O. The molecule has 0 saturated carbocycles. The van der Waals surface area contributed by atoms with E-state index >= 15 is 0 Å². The van der Waals surface area contributed by atoms with E-state index in [9.17, 15) is 28.2 Å². The summed E-state index contributed by atoms with van der Waals surface area (Å²) in [5.41, 5.74) is 2.85. The van der Waals surface area contributed by atoms with Gasteiger partial charge in [-0.15, -0.1) is 0 Å². The number of benzene rings is 1. The highest BCUT2D eigenvalue weighted by Crippen LogP contribution is 2.33. The molecule has 1 fully saturated rings. The first-order valence-electron chi connectivity index (χ1n) is 8.64. The Morgan fingerprint density at radius 1 is 1.31 bits per heavy atom. The Balaban J connectivity index is 2.00. The lowest BCUT2D eigenvalue weighted by Gasteiger charge is -2.14. The number of halogens is 3. The number of aliphatic hydroxyl groups is 2. The molecule has 2 unspecified atom stereocenters. The summed E-state index contributed by atoms with van der Waals surface area (Å²) in [4.78, 5) is 17.4. The van der Waals surface area contributed by atoms with E-state index in [0.717, 1.165) is 6.07 Å². The van der Waals surface area contributed by atoms with Gasteiger partial charge in [0.15, 0.2) is 0 Å². The van der Waals surface area contributed by atoms with Crippen molar-refractivity contribution in [1.82, 2.24) is 9.88 Å². The topological polar surface area (TPSA) is 99.7 Å². The summed E-state index contributed by atoms with van der Waals surface area (Å²) in [6, 6.07) is 7.71. The first kappa shape index (κ1) is 20.8. The predicted octanol–water partition coefficient (Wildman–Crippen LogP) is 1.66. The van der Waals surface area contributed by atoms with Gasteiger partial charge in [0, 0.05) is 31.1 Å². The van der Waals surface area contributed by atoms with Crippen LogP contribution in [0.1, 0.15) is 29.5 Å². The number of hydrogen-bond acceptors (Lipinski definition) is 5. The van der Waals surface area contributed by atoms with Crippen molar-refractivity contribution in [1.29, 1.82) is 0 Å². The third-order valence-electron chi connectivity index (χ3n) is 4.56. The molecule has 152 valence electrons. The number of rotatable bonds is 2. The molecule has 3 rings (SSSR count).